The molecule has 0 atom stereocenters. The van der Waals surface area contributed by atoms with E-state index in [4.69, 9.17) is 4.42 Å². The Labute approximate surface area is 128 Å². The van der Waals surface area contributed by atoms with Crippen molar-refractivity contribution in [2.24, 2.45) is 0 Å². The van der Waals surface area contributed by atoms with Crippen molar-refractivity contribution in [3.63, 3.8) is 0 Å². The predicted octanol–water partition coefficient (Wildman–Crippen LogP) is 2.91. The molecule has 0 bridgehead atoms. The molecule has 0 spiro atoms. The number of carbonyl (C=O) groups is 1. The van der Waals surface area contributed by atoms with Gasteiger partial charge in [0.2, 0.25) is 5.91 Å². The van der Waals surface area contributed by atoms with Gasteiger partial charge in [-0.2, -0.15) is 0 Å². The maximum absolute atomic E-state index is 11.8. The van der Waals surface area contributed by atoms with Gasteiger partial charge < -0.3 is 9.73 Å². The number of thioether (sulfide) groups is 1. The summed E-state index contributed by atoms with van der Waals surface area (Å²) in [5.74, 6) is 2.12. The first-order valence-corrected chi connectivity index (χ1v) is 7.80. The number of hydrogen-bond acceptors (Lipinski definition) is 5. The van der Waals surface area contributed by atoms with E-state index in [2.05, 4.69) is 29.1 Å². The third kappa shape index (κ3) is 4.90. The zero-order valence-corrected chi connectivity index (χ0v) is 13.2. The highest BCUT2D eigenvalue weighted by molar-refractivity contribution is 7.99. The smallest absolute Gasteiger partial charge is 0.230 e. The first kappa shape index (κ1) is 15.6. The third-order valence-corrected chi connectivity index (χ3v) is 3.67. The second-order valence-corrected chi connectivity index (χ2v) is 6.00. The minimum atomic E-state index is -0.0428. The molecule has 0 saturated carbocycles. The van der Waals surface area contributed by atoms with Crippen LogP contribution in [-0.2, 0) is 11.3 Å². The van der Waals surface area contributed by atoms with E-state index in [1.807, 2.05) is 19.1 Å². The lowest BCUT2D eigenvalue weighted by Crippen LogP contribution is -2.24. The molecule has 0 aromatic carbocycles. The summed E-state index contributed by atoms with van der Waals surface area (Å²) in [6, 6.07) is 5.53. The van der Waals surface area contributed by atoms with Crippen LogP contribution in [0.5, 0.6) is 0 Å². The fraction of sp³-hybridized carbons (Fsp3) is 0.400. The fourth-order valence-corrected chi connectivity index (χ4v) is 2.48. The predicted molar refractivity (Wildman–Crippen MR) is 82.1 cm³/mol. The van der Waals surface area contributed by atoms with Crippen LogP contribution in [-0.4, -0.2) is 21.6 Å². The van der Waals surface area contributed by atoms with Gasteiger partial charge in [-0.1, -0.05) is 25.6 Å². The molecule has 0 unspecified atom stereocenters. The molecule has 0 saturated heterocycles. The highest BCUT2D eigenvalue weighted by Crippen LogP contribution is 2.19. The zero-order chi connectivity index (χ0) is 15.2. The maximum atomic E-state index is 11.8. The van der Waals surface area contributed by atoms with E-state index in [1.165, 1.54) is 11.8 Å². The summed E-state index contributed by atoms with van der Waals surface area (Å²) in [5.41, 5.74) is 0.923. The summed E-state index contributed by atoms with van der Waals surface area (Å²) in [7, 11) is 0. The molecule has 2 heterocycles. The molecular formula is C15H19N3O2S. The number of amides is 1. The number of hydrogen-bond donors (Lipinski definition) is 1. The summed E-state index contributed by atoms with van der Waals surface area (Å²) in [5, 5.41) is 3.64. The summed E-state index contributed by atoms with van der Waals surface area (Å²) in [6.45, 7) is 6.46. The third-order valence-electron chi connectivity index (χ3n) is 2.76. The second kappa shape index (κ2) is 7.26. The molecule has 0 radical (unpaired) electrons. The average molecular weight is 305 g/mol. The number of nitrogens with one attached hydrogen (secondary N) is 1. The van der Waals surface area contributed by atoms with E-state index in [1.54, 1.807) is 12.3 Å². The van der Waals surface area contributed by atoms with Gasteiger partial charge in [-0.25, -0.2) is 9.97 Å². The van der Waals surface area contributed by atoms with Crippen LogP contribution in [0.25, 0.3) is 0 Å². The standard InChI is InChI=1S/C15H19N3O2S/c1-10(2)15-17-11(3)7-14(18-15)21-9-13(19)16-8-12-5-4-6-20-12/h4-7,10H,8-9H2,1-3H3,(H,16,19). The zero-order valence-electron chi connectivity index (χ0n) is 12.4. The molecule has 1 amide bonds. The summed E-state index contributed by atoms with van der Waals surface area (Å²) >= 11 is 1.42. The fourth-order valence-electron chi connectivity index (χ4n) is 1.68. The van der Waals surface area contributed by atoms with Crippen LogP contribution >= 0.6 is 11.8 Å². The van der Waals surface area contributed by atoms with Gasteiger partial charge in [0.25, 0.3) is 0 Å². The molecule has 5 nitrogen and oxygen atoms in total. The average Bonchev–Trinajstić information content (AvgIpc) is 2.95. The summed E-state index contributed by atoms with van der Waals surface area (Å²) in [4.78, 5) is 20.7. The van der Waals surface area contributed by atoms with Crippen molar-refractivity contribution < 1.29 is 9.21 Å². The number of carbonyl (C=O) groups excluding carboxylic acids is 1. The Kier molecular flexibility index (Phi) is 5.38. The van der Waals surface area contributed by atoms with E-state index >= 15 is 0 Å². The Morgan fingerprint density at radius 2 is 2.24 bits per heavy atom. The molecule has 112 valence electrons. The van der Waals surface area contributed by atoms with Crippen molar-refractivity contribution >= 4 is 17.7 Å². The first-order valence-electron chi connectivity index (χ1n) is 6.82. The van der Waals surface area contributed by atoms with Crippen molar-refractivity contribution in [3.05, 3.63) is 41.7 Å². The van der Waals surface area contributed by atoms with E-state index in [0.29, 0.717) is 12.3 Å². The number of rotatable bonds is 6. The van der Waals surface area contributed by atoms with Gasteiger partial charge >= 0.3 is 0 Å². The van der Waals surface area contributed by atoms with Crippen molar-refractivity contribution in [3.8, 4) is 0 Å². The molecule has 2 rings (SSSR count). The molecule has 0 aliphatic carbocycles. The minimum absolute atomic E-state index is 0.0428. The van der Waals surface area contributed by atoms with Crippen LogP contribution in [0.1, 0.15) is 37.0 Å². The van der Waals surface area contributed by atoms with Crippen molar-refractivity contribution in [1.82, 2.24) is 15.3 Å². The Bertz CT molecular complexity index is 597. The summed E-state index contributed by atoms with van der Waals surface area (Å²) in [6.07, 6.45) is 1.59. The van der Waals surface area contributed by atoms with E-state index in [0.717, 1.165) is 22.3 Å². The van der Waals surface area contributed by atoms with E-state index in [9.17, 15) is 4.79 Å². The van der Waals surface area contributed by atoms with Gasteiger partial charge in [0, 0.05) is 11.6 Å². The van der Waals surface area contributed by atoms with Crippen molar-refractivity contribution in [2.75, 3.05) is 5.75 Å². The van der Waals surface area contributed by atoms with Gasteiger partial charge in [0.15, 0.2) is 0 Å². The van der Waals surface area contributed by atoms with Gasteiger partial charge in [-0.3, -0.25) is 4.79 Å². The Morgan fingerprint density at radius 3 is 2.90 bits per heavy atom. The Balaban J connectivity index is 1.86. The number of furan rings is 1. The maximum Gasteiger partial charge on any atom is 0.230 e. The molecule has 2 aromatic heterocycles. The minimum Gasteiger partial charge on any atom is -0.467 e. The topological polar surface area (TPSA) is 68.0 Å². The lowest BCUT2D eigenvalue weighted by molar-refractivity contribution is -0.118. The van der Waals surface area contributed by atoms with Gasteiger partial charge in [-0.05, 0) is 25.1 Å². The van der Waals surface area contributed by atoms with E-state index in [-0.39, 0.29) is 11.8 Å². The first-order chi connectivity index (χ1) is 10.0. The van der Waals surface area contributed by atoms with Crippen LogP contribution in [0.3, 0.4) is 0 Å². The van der Waals surface area contributed by atoms with Crippen LogP contribution in [0, 0.1) is 6.92 Å². The molecule has 2 aromatic rings. The molecule has 0 aliphatic heterocycles. The molecule has 21 heavy (non-hydrogen) atoms. The normalized spacial score (nSPS) is 10.9. The van der Waals surface area contributed by atoms with Crippen LogP contribution in [0.15, 0.2) is 33.9 Å². The van der Waals surface area contributed by atoms with Crippen LogP contribution in [0.4, 0.5) is 0 Å². The molecule has 0 fully saturated rings. The number of aryl methyl sites for hydroxylation is 1. The van der Waals surface area contributed by atoms with Gasteiger partial charge in [0.05, 0.1) is 18.6 Å². The van der Waals surface area contributed by atoms with Crippen molar-refractivity contribution in [2.45, 2.75) is 38.3 Å². The molecule has 1 N–H and O–H groups in total. The number of nitrogens with zero attached hydrogens (tertiary/aromatic N) is 2. The quantitative estimate of drug-likeness (QED) is 0.656. The Morgan fingerprint density at radius 1 is 1.43 bits per heavy atom. The number of aromatic nitrogens is 2. The summed E-state index contributed by atoms with van der Waals surface area (Å²) < 4.78 is 5.16. The SMILES string of the molecule is Cc1cc(SCC(=O)NCc2ccco2)nc(C(C)C)n1. The van der Waals surface area contributed by atoms with Crippen LogP contribution < -0.4 is 5.32 Å². The second-order valence-electron chi connectivity index (χ2n) is 5.01. The van der Waals surface area contributed by atoms with Gasteiger partial charge in [0.1, 0.15) is 16.6 Å². The highest BCUT2D eigenvalue weighted by Gasteiger charge is 2.09. The molecule has 0 aliphatic rings. The highest BCUT2D eigenvalue weighted by atomic mass is 32.2. The van der Waals surface area contributed by atoms with Gasteiger partial charge in [-0.15, -0.1) is 0 Å². The Hall–Kier alpha value is -1.82. The molecule has 6 heteroatoms. The molecular weight excluding hydrogens is 286 g/mol. The van der Waals surface area contributed by atoms with Crippen LogP contribution in [0.2, 0.25) is 0 Å². The lowest BCUT2D eigenvalue weighted by atomic mass is 10.2. The van der Waals surface area contributed by atoms with E-state index < -0.39 is 0 Å². The largest absolute Gasteiger partial charge is 0.467 e. The van der Waals surface area contributed by atoms with Crippen molar-refractivity contribution in [1.29, 1.82) is 0 Å². The lowest BCUT2D eigenvalue weighted by Gasteiger charge is -2.08. The monoisotopic (exact) mass is 305 g/mol.